The summed E-state index contributed by atoms with van der Waals surface area (Å²) in [6, 6.07) is 9.20. The minimum absolute atomic E-state index is 0.348. The Kier molecular flexibility index (Phi) is 7.14. The molecule has 0 saturated heterocycles. The number of carbonyl (C=O) groups is 1. The second kappa shape index (κ2) is 8.93. The summed E-state index contributed by atoms with van der Waals surface area (Å²) in [6.07, 6.45) is 2.67. The van der Waals surface area contributed by atoms with Crippen molar-refractivity contribution >= 4 is 5.97 Å². The van der Waals surface area contributed by atoms with Gasteiger partial charge in [0.25, 0.3) is 0 Å². The molecular weight excluding hydrogens is 256 g/mol. The maximum Gasteiger partial charge on any atom is 0.336 e. The molecule has 0 amide bonds. The molecule has 0 radical (unpaired) electrons. The van der Waals surface area contributed by atoms with Crippen LogP contribution in [0.3, 0.4) is 0 Å². The molecule has 0 spiro atoms. The summed E-state index contributed by atoms with van der Waals surface area (Å²) in [5.74, 6) is 0.236. The predicted molar refractivity (Wildman–Crippen MR) is 77.4 cm³/mol. The topological polar surface area (TPSA) is 44.8 Å². The zero-order valence-electron chi connectivity index (χ0n) is 11.9. The molecule has 1 aromatic carbocycles. The second-order valence-electron chi connectivity index (χ2n) is 4.12. The molecule has 0 aromatic heterocycles. The summed E-state index contributed by atoms with van der Waals surface area (Å²) < 4.78 is 15.8. The summed E-state index contributed by atoms with van der Waals surface area (Å²) >= 11 is 0. The summed E-state index contributed by atoms with van der Waals surface area (Å²) in [5, 5.41) is 0. The number of hydrogen-bond acceptors (Lipinski definition) is 4. The fourth-order valence-corrected chi connectivity index (χ4v) is 1.38. The fraction of sp³-hybridized carbons (Fsp3) is 0.312. The van der Waals surface area contributed by atoms with Crippen LogP contribution in [0.5, 0.6) is 5.75 Å². The largest absolute Gasteiger partial charge is 0.455 e. The Morgan fingerprint density at radius 2 is 2.00 bits per heavy atom. The fourth-order valence-electron chi connectivity index (χ4n) is 1.38. The average molecular weight is 276 g/mol. The van der Waals surface area contributed by atoms with Crippen molar-refractivity contribution in [2.45, 2.75) is 20.1 Å². The summed E-state index contributed by atoms with van der Waals surface area (Å²) in [6.45, 7) is 7.69. The van der Waals surface area contributed by atoms with Gasteiger partial charge in [-0.3, -0.25) is 0 Å². The first-order valence-corrected chi connectivity index (χ1v) is 6.41. The van der Waals surface area contributed by atoms with Gasteiger partial charge in [0.1, 0.15) is 5.75 Å². The van der Waals surface area contributed by atoms with Gasteiger partial charge in [0.05, 0.1) is 13.2 Å². The normalized spacial score (nSPS) is 12.6. The third kappa shape index (κ3) is 6.20. The summed E-state index contributed by atoms with van der Waals surface area (Å²) in [7, 11) is 0. The van der Waals surface area contributed by atoms with E-state index in [1.807, 2.05) is 18.2 Å². The number of benzene rings is 1. The van der Waals surface area contributed by atoms with Crippen molar-refractivity contribution in [1.29, 1.82) is 0 Å². The Morgan fingerprint density at radius 3 is 2.65 bits per heavy atom. The smallest absolute Gasteiger partial charge is 0.336 e. The predicted octanol–water partition coefficient (Wildman–Crippen LogP) is 3.10. The van der Waals surface area contributed by atoms with Gasteiger partial charge < -0.3 is 14.2 Å². The van der Waals surface area contributed by atoms with E-state index in [2.05, 4.69) is 6.58 Å². The van der Waals surface area contributed by atoms with Crippen LogP contribution >= 0.6 is 0 Å². The summed E-state index contributed by atoms with van der Waals surface area (Å²) in [4.78, 5) is 11.8. The zero-order chi connectivity index (χ0) is 14.8. The van der Waals surface area contributed by atoms with E-state index in [0.717, 1.165) is 0 Å². The lowest BCUT2D eigenvalue weighted by Crippen LogP contribution is -2.21. The van der Waals surface area contributed by atoms with E-state index in [9.17, 15) is 4.79 Å². The van der Waals surface area contributed by atoms with Crippen LogP contribution in [0.1, 0.15) is 13.8 Å². The van der Waals surface area contributed by atoms with Gasteiger partial charge in [-0.05, 0) is 25.1 Å². The standard InChI is InChI=1S/C16H20O4/c1-4-11-18-12-10-13(2)16(17)20-14(3)19-15-8-6-5-7-9-15/h4-10,14H,1,11-12H2,2-3H3/b13-10+. The van der Waals surface area contributed by atoms with E-state index in [0.29, 0.717) is 24.5 Å². The first kappa shape index (κ1) is 16.0. The van der Waals surface area contributed by atoms with Gasteiger partial charge in [0.15, 0.2) is 0 Å². The highest BCUT2D eigenvalue weighted by molar-refractivity contribution is 5.87. The first-order chi connectivity index (χ1) is 9.63. The molecule has 0 bridgehead atoms. The molecule has 0 fully saturated rings. The molecule has 0 aliphatic carbocycles. The van der Waals surface area contributed by atoms with Crippen LogP contribution in [0.25, 0.3) is 0 Å². The molecule has 1 rings (SSSR count). The maximum absolute atomic E-state index is 11.8. The van der Waals surface area contributed by atoms with Gasteiger partial charge in [-0.25, -0.2) is 4.79 Å². The molecule has 1 aromatic rings. The molecule has 108 valence electrons. The van der Waals surface area contributed by atoms with Gasteiger partial charge in [-0.1, -0.05) is 24.3 Å². The SMILES string of the molecule is C=CCOC/C=C(\C)C(=O)OC(C)Oc1ccccc1. The minimum Gasteiger partial charge on any atom is -0.455 e. The van der Waals surface area contributed by atoms with E-state index in [1.165, 1.54) is 0 Å². The van der Waals surface area contributed by atoms with E-state index in [1.54, 1.807) is 38.1 Å². The molecule has 0 aliphatic heterocycles. The molecule has 4 nitrogen and oxygen atoms in total. The van der Waals surface area contributed by atoms with Crippen molar-refractivity contribution in [1.82, 2.24) is 0 Å². The van der Waals surface area contributed by atoms with E-state index >= 15 is 0 Å². The molecule has 1 atom stereocenters. The Hall–Kier alpha value is -2.07. The number of esters is 1. The highest BCUT2D eigenvalue weighted by atomic mass is 16.7. The van der Waals surface area contributed by atoms with E-state index in [-0.39, 0.29) is 0 Å². The molecule has 20 heavy (non-hydrogen) atoms. The molecular formula is C16H20O4. The Balaban J connectivity index is 2.38. The van der Waals surface area contributed by atoms with Gasteiger partial charge in [-0.15, -0.1) is 6.58 Å². The number of para-hydroxylation sites is 1. The lowest BCUT2D eigenvalue weighted by molar-refractivity contribution is -0.156. The molecule has 0 saturated carbocycles. The molecule has 0 heterocycles. The van der Waals surface area contributed by atoms with Crippen LogP contribution in [0, 0.1) is 0 Å². The molecule has 0 aliphatic rings. The molecule has 4 heteroatoms. The average Bonchev–Trinajstić information content (AvgIpc) is 2.44. The molecule has 1 unspecified atom stereocenters. The quantitative estimate of drug-likeness (QED) is 0.241. The van der Waals surface area contributed by atoms with Crippen LogP contribution in [-0.4, -0.2) is 25.5 Å². The molecule has 0 N–H and O–H groups in total. The van der Waals surface area contributed by atoms with Crippen LogP contribution in [0.2, 0.25) is 0 Å². The number of ether oxygens (including phenoxy) is 3. The van der Waals surface area contributed by atoms with Crippen LogP contribution < -0.4 is 4.74 Å². The Bertz CT molecular complexity index is 451. The maximum atomic E-state index is 11.8. The van der Waals surface area contributed by atoms with Gasteiger partial charge in [0.2, 0.25) is 6.29 Å². The van der Waals surface area contributed by atoms with Gasteiger partial charge in [0, 0.05) is 12.5 Å². The monoisotopic (exact) mass is 276 g/mol. The number of carbonyl (C=O) groups excluding carboxylic acids is 1. The van der Waals surface area contributed by atoms with Crippen molar-refractivity contribution in [3.05, 3.63) is 54.6 Å². The van der Waals surface area contributed by atoms with Crippen molar-refractivity contribution in [2.24, 2.45) is 0 Å². The number of rotatable bonds is 8. The van der Waals surface area contributed by atoms with E-state index in [4.69, 9.17) is 14.2 Å². The van der Waals surface area contributed by atoms with Gasteiger partial charge in [-0.2, -0.15) is 0 Å². The van der Waals surface area contributed by atoms with Crippen molar-refractivity contribution in [3.8, 4) is 5.75 Å². The lowest BCUT2D eigenvalue weighted by Gasteiger charge is -2.15. The van der Waals surface area contributed by atoms with E-state index < -0.39 is 12.3 Å². The highest BCUT2D eigenvalue weighted by Crippen LogP contribution is 2.12. The van der Waals surface area contributed by atoms with Crippen molar-refractivity contribution in [3.63, 3.8) is 0 Å². The number of hydrogen-bond donors (Lipinski definition) is 0. The van der Waals surface area contributed by atoms with Crippen LogP contribution in [0.4, 0.5) is 0 Å². The second-order valence-corrected chi connectivity index (χ2v) is 4.12. The highest BCUT2D eigenvalue weighted by Gasteiger charge is 2.12. The third-order valence-electron chi connectivity index (χ3n) is 2.38. The first-order valence-electron chi connectivity index (χ1n) is 6.41. The van der Waals surface area contributed by atoms with Crippen LogP contribution in [0.15, 0.2) is 54.6 Å². The minimum atomic E-state index is -0.651. The Morgan fingerprint density at radius 1 is 1.30 bits per heavy atom. The van der Waals surface area contributed by atoms with Crippen molar-refractivity contribution < 1.29 is 19.0 Å². The lowest BCUT2D eigenvalue weighted by atomic mass is 10.3. The Labute approximate surface area is 119 Å². The van der Waals surface area contributed by atoms with Crippen molar-refractivity contribution in [2.75, 3.05) is 13.2 Å². The van der Waals surface area contributed by atoms with Crippen LogP contribution in [-0.2, 0) is 14.3 Å². The zero-order valence-corrected chi connectivity index (χ0v) is 11.9. The van der Waals surface area contributed by atoms with Gasteiger partial charge >= 0.3 is 5.97 Å². The summed E-state index contributed by atoms with van der Waals surface area (Å²) in [5.41, 5.74) is 0.484. The third-order valence-corrected chi connectivity index (χ3v) is 2.38.